The second-order valence-corrected chi connectivity index (χ2v) is 15.7. The summed E-state index contributed by atoms with van der Waals surface area (Å²) in [5.41, 5.74) is 6.20. The van der Waals surface area contributed by atoms with Gasteiger partial charge >= 0.3 is 6.03 Å². The number of benzene rings is 3. The molecule has 2 amide bonds. The Morgan fingerprint density at radius 1 is 0.796 bits per heavy atom. The van der Waals surface area contributed by atoms with Crippen LogP contribution < -0.4 is 10.6 Å². The number of hydrogen-bond donors (Lipinski definition) is 3. The monoisotopic (exact) mass is 675 g/mol. The van der Waals surface area contributed by atoms with Gasteiger partial charge in [-0.1, -0.05) is 72.8 Å². The number of carbonyl (C=O) groups is 1. The number of amides is 2. The summed E-state index contributed by atoms with van der Waals surface area (Å²) in [6.45, 7) is 0.510. The van der Waals surface area contributed by atoms with Crippen LogP contribution in [0.15, 0.2) is 102 Å². The van der Waals surface area contributed by atoms with E-state index in [9.17, 15) is 9.90 Å². The molecule has 4 aliphatic carbocycles. The number of rotatable bonds is 10. The van der Waals surface area contributed by atoms with E-state index in [4.69, 9.17) is 9.47 Å². The van der Waals surface area contributed by atoms with E-state index in [1.165, 1.54) is 19.3 Å². The van der Waals surface area contributed by atoms with Crippen molar-refractivity contribution in [1.29, 1.82) is 0 Å². The molecule has 0 radical (unpaired) electrons. The third-order valence-electron chi connectivity index (χ3n) is 11.0. The molecule has 4 saturated carbocycles. The van der Waals surface area contributed by atoms with Crippen molar-refractivity contribution in [1.82, 2.24) is 15.6 Å². The van der Waals surface area contributed by atoms with E-state index in [1.807, 2.05) is 48.7 Å². The first-order chi connectivity index (χ1) is 24.0. The van der Waals surface area contributed by atoms with E-state index >= 15 is 0 Å². The van der Waals surface area contributed by atoms with Gasteiger partial charge in [-0.3, -0.25) is 0 Å². The fourth-order valence-corrected chi connectivity index (χ4v) is 9.94. The fourth-order valence-electron chi connectivity index (χ4n) is 9.06. The number of nitrogens with one attached hydrogen (secondary N) is 2. The second-order valence-electron chi connectivity index (χ2n) is 14.7. The summed E-state index contributed by atoms with van der Waals surface area (Å²) in [5, 5.41) is 17.1. The molecule has 0 unspecified atom stereocenters. The van der Waals surface area contributed by atoms with Gasteiger partial charge in [-0.15, -0.1) is 11.8 Å². The number of nitrogens with zero attached hydrogens (tertiary/aromatic N) is 1. The summed E-state index contributed by atoms with van der Waals surface area (Å²) in [7, 11) is 0. The number of aliphatic hydroxyl groups is 1. The molecule has 1 aromatic heterocycles. The molecule has 5 aliphatic rings. The van der Waals surface area contributed by atoms with Crippen LogP contribution in [0.25, 0.3) is 11.1 Å². The van der Waals surface area contributed by atoms with E-state index in [-0.39, 0.29) is 30.4 Å². The van der Waals surface area contributed by atoms with Crippen molar-refractivity contribution < 1.29 is 19.4 Å². The fraction of sp³-hybridized carbons (Fsp3) is 0.415. The molecule has 5 fully saturated rings. The maximum Gasteiger partial charge on any atom is 0.315 e. The zero-order chi connectivity index (χ0) is 33.2. The quantitative estimate of drug-likeness (QED) is 0.146. The minimum absolute atomic E-state index is 0.0106. The lowest BCUT2D eigenvalue weighted by Crippen LogP contribution is -2.61. The highest BCUT2D eigenvalue weighted by Crippen LogP contribution is 2.55. The number of ether oxygens (including phenoxy) is 2. The van der Waals surface area contributed by atoms with E-state index in [2.05, 4.69) is 64.1 Å². The average molecular weight is 676 g/mol. The number of aliphatic hydroxyl groups excluding tert-OH is 1. The van der Waals surface area contributed by atoms with Crippen LogP contribution in [0.5, 0.6) is 0 Å². The van der Waals surface area contributed by atoms with Gasteiger partial charge < -0.3 is 25.2 Å². The Kier molecular flexibility index (Phi) is 9.47. The van der Waals surface area contributed by atoms with E-state index < -0.39 is 6.29 Å². The molecule has 3 atom stereocenters. The van der Waals surface area contributed by atoms with Crippen molar-refractivity contribution in [3.63, 3.8) is 0 Å². The van der Waals surface area contributed by atoms with Crippen LogP contribution in [0.2, 0.25) is 0 Å². The van der Waals surface area contributed by atoms with Crippen LogP contribution >= 0.6 is 11.8 Å². The maximum absolute atomic E-state index is 13.1. The first-order valence-corrected chi connectivity index (χ1v) is 18.8. The van der Waals surface area contributed by atoms with Crippen molar-refractivity contribution in [2.24, 2.45) is 17.8 Å². The zero-order valence-electron chi connectivity index (χ0n) is 27.8. The Balaban J connectivity index is 0.919. The Morgan fingerprint density at radius 2 is 1.53 bits per heavy atom. The lowest BCUT2D eigenvalue weighted by atomic mass is 9.53. The molecule has 3 N–H and O–H groups in total. The van der Waals surface area contributed by atoms with Crippen LogP contribution in [0.4, 0.5) is 4.79 Å². The molecule has 4 bridgehead atoms. The summed E-state index contributed by atoms with van der Waals surface area (Å²) < 4.78 is 13.1. The van der Waals surface area contributed by atoms with Gasteiger partial charge in [-0.05, 0) is 102 Å². The minimum Gasteiger partial charge on any atom is -0.392 e. The Bertz CT molecular complexity index is 1700. The topological polar surface area (TPSA) is 92.7 Å². The molecule has 1 saturated heterocycles. The number of urea groups is 1. The highest BCUT2D eigenvalue weighted by Gasteiger charge is 2.51. The van der Waals surface area contributed by atoms with E-state index in [1.54, 1.807) is 11.8 Å². The maximum atomic E-state index is 13.1. The number of carbonyl (C=O) groups excluding carboxylic acids is 1. The van der Waals surface area contributed by atoms with Gasteiger partial charge in [0.15, 0.2) is 6.29 Å². The van der Waals surface area contributed by atoms with E-state index in [0.29, 0.717) is 6.54 Å². The highest BCUT2D eigenvalue weighted by molar-refractivity contribution is 7.99. The summed E-state index contributed by atoms with van der Waals surface area (Å²) >= 11 is 1.69. The number of pyridine rings is 1. The summed E-state index contributed by atoms with van der Waals surface area (Å²) in [5.74, 6) is 3.17. The average Bonchev–Trinajstić information content (AvgIpc) is 3.13. The standard InChI is InChI=1S/C41H45N3O4S/c45-25-27-7-9-33(10-8-27)37-20-36(26-49-38-6-1-2-15-42-38)47-39(48-37)34-13-11-32(12-14-34)35-5-3-4-28(19-35)24-43-40(46)44-41-21-29-16-30(22-41)18-31(17-29)23-41/h1-15,19,29-31,36-37,39,45H,16-18,20-26H2,(H2,43,44,46)/t29?,30?,31?,36-,37+,39+,41?/m0/s1. The van der Waals surface area contributed by atoms with Gasteiger partial charge in [0.05, 0.1) is 23.8 Å². The van der Waals surface area contributed by atoms with Gasteiger partial charge in [0.2, 0.25) is 0 Å². The minimum atomic E-state index is -0.511. The first-order valence-electron chi connectivity index (χ1n) is 17.8. The third-order valence-corrected chi connectivity index (χ3v) is 12.1. The summed E-state index contributed by atoms with van der Waals surface area (Å²) in [6, 6.07) is 30.7. The molecule has 2 heterocycles. The molecular weight excluding hydrogens is 631 g/mol. The lowest BCUT2D eigenvalue weighted by molar-refractivity contribution is -0.245. The Morgan fingerprint density at radius 3 is 2.22 bits per heavy atom. The molecule has 4 aromatic rings. The van der Waals surface area contributed by atoms with Gasteiger partial charge in [-0.2, -0.15) is 0 Å². The van der Waals surface area contributed by atoms with Crippen molar-refractivity contribution >= 4 is 17.8 Å². The van der Waals surface area contributed by atoms with Gasteiger partial charge in [0.1, 0.15) is 0 Å². The van der Waals surface area contributed by atoms with Crippen molar-refractivity contribution in [2.45, 2.75) is 87.2 Å². The molecule has 3 aromatic carbocycles. The van der Waals surface area contributed by atoms with Crippen LogP contribution in [-0.4, -0.2) is 33.5 Å². The molecule has 7 nitrogen and oxygen atoms in total. The third kappa shape index (κ3) is 7.58. The van der Waals surface area contributed by atoms with Crippen LogP contribution in [0.1, 0.15) is 79.6 Å². The molecule has 1 aliphatic heterocycles. The number of hydrogen-bond acceptors (Lipinski definition) is 6. The van der Waals surface area contributed by atoms with Crippen molar-refractivity contribution in [3.05, 3.63) is 119 Å². The van der Waals surface area contributed by atoms with Crippen LogP contribution in [-0.2, 0) is 22.6 Å². The molecular formula is C41H45N3O4S. The predicted octanol–water partition coefficient (Wildman–Crippen LogP) is 8.35. The number of thioether (sulfide) groups is 1. The van der Waals surface area contributed by atoms with Gasteiger partial charge in [0.25, 0.3) is 0 Å². The second kappa shape index (κ2) is 14.3. The van der Waals surface area contributed by atoms with Crippen LogP contribution in [0, 0.1) is 17.8 Å². The molecule has 254 valence electrons. The van der Waals surface area contributed by atoms with Crippen molar-refractivity contribution in [2.75, 3.05) is 5.75 Å². The largest absolute Gasteiger partial charge is 0.392 e. The van der Waals surface area contributed by atoms with Crippen LogP contribution in [0.3, 0.4) is 0 Å². The van der Waals surface area contributed by atoms with Crippen molar-refractivity contribution in [3.8, 4) is 11.1 Å². The molecule has 49 heavy (non-hydrogen) atoms. The highest BCUT2D eigenvalue weighted by atomic mass is 32.2. The molecule has 8 heteroatoms. The smallest absolute Gasteiger partial charge is 0.315 e. The number of aromatic nitrogens is 1. The van der Waals surface area contributed by atoms with Gasteiger partial charge in [0, 0.05) is 36.0 Å². The predicted molar refractivity (Wildman–Crippen MR) is 192 cm³/mol. The summed E-state index contributed by atoms with van der Waals surface area (Å²) in [4.78, 5) is 17.5. The van der Waals surface area contributed by atoms with Gasteiger partial charge in [-0.25, -0.2) is 9.78 Å². The molecule has 9 rings (SSSR count). The van der Waals surface area contributed by atoms with E-state index in [0.717, 1.165) is 87.6 Å². The SMILES string of the molecule is O=C(NCc1cccc(-c2ccc([C@@H]3O[C@H](CSc4ccccn4)C[C@H](c4ccc(CO)cc4)O3)cc2)c1)NC12CC3CC(CC(C3)C1)C2. The summed E-state index contributed by atoms with van der Waals surface area (Å²) in [6.07, 6.45) is 9.42. The normalized spacial score (nSPS) is 28.7. The first kappa shape index (κ1) is 32.5. The lowest BCUT2D eigenvalue weighted by Gasteiger charge is -2.56. The Hall–Kier alpha value is -3.69. The Labute approximate surface area is 293 Å². The molecule has 0 spiro atoms. The zero-order valence-corrected chi connectivity index (χ0v) is 28.6.